The second-order valence-corrected chi connectivity index (χ2v) is 6.55. The van der Waals surface area contributed by atoms with Crippen molar-refractivity contribution in [2.24, 2.45) is 0 Å². The summed E-state index contributed by atoms with van der Waals surface area (Å²) in [7, 11) is 1.21. The maximum Gasteiger partial charge on any atom is 0.357 e. The van der Waals surface area contributed by atoms with Crippen LogP contribution in [-0.4, -0.2) is 23.4 Å². The summed E-state index contributed by atoms with van der Waals surface area (Å²) in [5, 5.41) is 9.54. The lowest BCUT2D eigenvalue weighted by molar-refractivity contribution is 0.0593. The third kappa shape index (κ3) is 3.36. The topological polar surface area (TPSA) is 98.1 Å². The molecule has 1 heterocycles. The maximum absolute atomic E-state index is 12.8. The molecule has 28 heavy (non-hydrogen) atoms. The summed E-state index contributed by atoms with van der Waals surface area (Å²) in [5.41, 5.74) is 8.28. The Morgan fingerprint density at radius 1 is 1.14 bits per heavy atom. The predicted octanol–water partition coefficient (Wildman–Crippen LogP) is 3.91. The number of methoxy groups -OCH3 is 1. The summed E-state index contributed by atoms with van der Waals surface area (Å²) >= 11 is 6.32. The van der Waals surface area contributed by atoms with Gasteiger partial charge >= 0.3 is 5.97 Å². The first-order valence-corrected chi connectivity index (χ1v) is 8.65. The Morgan fingerprint density at radius 2 is 1.79 bits per heavy atom. The lowest BCUT2D eigenvalue weighted by Gasteiger charge is -2.12. The molecular weight excluding hydrogens is 378 g/mol. The number of nitrogens with two attached hydrogens (primary N) is 1. The van der Waals surface area contributed by atoms with Crippen LogP contribution in [0.25, 0.3) is 5.69 Å². The van der Waals surface area contributed by atoms with E-state index in [1.54, 1.807) is 30.3 Å². The Labute approximate surface area is 166 Å². The standard InChI is InChI=1S/C21H16ClN3O3/c1-12-3-5-13(6-4-12)20(26)14-7-8-16(22)17(9-14)25-11-15(10-23)18(24)19(25)21(27)28-2/h3-9,11H,24H2,1-2H3. The molecule has 0 saturated carbocycles. The number of aromatic nitrogens is 1. The average molecular weight is 394 g/mol. The van der Waals surface area contributed by atoms with Crippen molar-refractivity contribution in [3.63, 3.8) is 0 Å². The van der Waals surface area contributed by atoms with Gasteiger partial charge in [0.05, 0.1) is 29.1 Å². The summed E-state index contributed by atoms with van der Waals surface area (Å²) in [5.74, 6) is -0.913. The molecule has 2 aromatic carbocycles. The highest BCUT2D eigenvalue weighted by Gasteiger charge is 2.23. The molecule has 3 rings (SSSR count). The molecule has 0 radical (unpaired) electrons. The summed E-state index contributed by atoms with van der Waals surface area (Å²) in [6, 6.07) is 13.8. The van der Waals surface area contributed by atoms with Gasteiger partial charge in [-0.2, -0.15) is 5.26 Å². The Kier molecular flexibility index (Phi) is 5.21. The van der Waals surface area contributed by atoms with Crippen LogP contribution in [0.3, 0.4) is 0 Å². The van der Waals surface area contributed by atoms with Crippen LogP contribution in [0, 0.1) is 18.3 Å². The molecule has 0 atom stereocenters. The first-order valence-electron chi connectivity index (χ1n) is 8.28. The van der Waals surface area contributed by atoms with Gasteiger partial charge in [0.1, 0.15) is 6.07 Å². The number of anilines is 1. The quantitative estimate of drug-likeness (QED) is 0.535. The van der Waals surface area contributed by atoms with E-state index in [1.165, 1.54) is 17.9 Å². The lowest BCUT2D eigenvalue weighted by atomic mass is 10.0. The molecule has 0 amide bonds. The molecule has 2 N–H and O–H groups in total. The minimum atomic E-state index is -0.717. The molecule has 0 bridgehead atoms. The van der Waals surface area contributed by atoms with Crippen LogP contribution >= 0.6 is 11.6 Å². The number of benzene rings is 2. The molecule has 6 nitrogen and oxygen atoms in total. The van der Waals surface area contributed by atoms with Gasteiger partial charge in [0.25, 0.3) is 0 Å². The third-order valence-electron chi connectivity index (χ3n) is 4.33. The highest BCUT2D eigenvalue weighted by atomic mass is 35.5. The normalized spacial score (nSPS) is 10.4. The molecule has 0 fully saturated rings. The molecule has 3 aromatic rings. The van der Waals surface area contributed by atoms with Crippen LogP contribution in [0.4, 0.5) is 5.69 Å². The Bertz CT molecular complexity index is 1130. The molecule has 0 unspecified atom stereocenters. The summed E-state index contributed by atoms with van der Waals surface area (Å²) in [4.78, 5) is 25.0. The second-order valence-electron chi connectivity index (χ2n) is 6.14. The molecule has 0 saturated heterocycles. The highest BCUT2D eigenvalue weighted by Crippen LogP contribution is 2.30. The fraction of sp³-hybridized carbons (Fsp3) is 0.0952. The number of carbonyl (C=O) groups excluding carboxylic acids is 2. The largest absolute Gasteiger partial charge is 0.464 e. The summed E-state index contributed by atoms with van der Waals surface area (Å²) < 4.78 is 6.14. The number of nitrogen functional groups attached to an aromatic ring is 1. The van der Waals surface area contributed by atoms with Gasteiger partial charge in [-0.3, -0.25) is 4.79 Å². The number of nitriles is 1. The molecule has 0 aliphatic rings. The van der Waals surface area contributed by atoms with Crippen molar-refractivity contribution in [2.75, 3.05) is 12.8 Å². The number of carbonyl (C=O) groups is 2. The van der Waals surface area contributed by atoms with Gasteiger partial charge in [-0.05, 0) is 25.1 Å². The van der Waals surface area contributed by atoms with Gasteiger partial charge in [-0.25, -0.2) is 4.79 Å². The number of aryl methyl sites for hydroxylation is 1. The van der Waals surface area contributed by atoms with E-state index in [4.69, 9.17) is 22.1 Å². The van der Waals surface area contributed by atoms with Crippen LogP contribution in [0.5, 0.6) is 0 Å². The van der Waals surface area contributed by atoms with Crippen molar-refractivity contribution in [1.29, 1.82) is 5.26 Å². The number of hydrogen-bond donors (Lipinski definition) is 1. The van der Waals surface area contributed by atoms with E-state index >= 15 is 0 Å². The van der Waals surface area contributed by atoms with E-state index in [2.05, 4.69) is 0 Å². The number of ketones is 1. The van der Waals surface area contributed by atoms with Crippen LogP contribution in [0.2, 0.25) is 5.02 Å². The lowest BCUT2D eigenvalue weighted by Crippen LogP contribution is -2.12. The van der Waals surface area contributed by atoms with Gasteiger partial charge in [0.2, 0.25) is 0 Å². The van der Waals surface area contributed by atoms with Crippen LogP contribution in [0.15, 0.2) is 48.7 Å². The summed E-state index contributed by atoms with van der Waals surface area (Å²) in [6.45, 7) is 1.94. The zero-order chi connectivity index (χ0) is 20.4. The van der Waals surface area contributed by atoms with E-state index in [-0.39, 0.29) is 27.8 Å². The fourth-order valence-electron chi connectivity index (χ4n) is 2.81. The number of hydrogen-bond acceptors (Lipinski definition) is 5. The van der Waals surface area contributed by atoms with Crippen molar-refractivity contribution >= 4 is 29.0 Å². The first kappa shape index (κ1) is 19.2. The van der Waals surface area contributed by atoms with Gasteiger partial charge in [-0.1, -0.05) is 41.4 Å². The van der Waals surface area contributed by atoms with Gasteiger partial charge < -0.3 is 15.0 Å². The monoisotopic (exact) mass is 393 g/mol. The van der Waals surface area contributed by atoms with Crippen molar-refractivity contribution in [3.8, 4) is 11.8 Å². The number of ether oxygens (including phenoxy) is 1. The first-order chi connectivity index (χ1) is 13.4. The van der Waals surface area contributed by atoms with E-state index in [1.807, 2.05) is 25.1 Å². The second kappa shape index (κ2) is 7.59. The SMILES string of the molecule is COC(=O)c1c(N)c(C#N)cn1-c1cc(C(=O)c2ccc(C)cc2)ccc1Cl. The molecule has 0 aliphatic carbocycles. The maximum atomic E-state index is 12.8. The number of halogens is 1. The van der Waals surface area contributed by atoms with Crippen molar-refractivity contribution < 1.29 is 14.3 Å². The van der Waals surface area contributed by atoms with E-state index in [0.29, 0.717) is 16.8 Å². The van der Waals surface area contributed by atoms with Gasteiger partial charge in [-0.15, -0.1) is 0 Å². The molecule has 0 spiro atoms. The van der Waals surface area contributed by atoms with Gasteiger partial charge in [0.15, 0.2) is 11.5 Å². The summed E-state index contributed by atoms with van der Waals surface area (Å²) in [6.07, 6.45) is 1.39. The van der Waals surface area contributed by atoms with Gasteiger partial charge in [0, 0.05) is 17.3 Å². The predicted molar refractivity (Wildman–Crippen MR) is 106 cm³/mol. The van der Waals surface area contributed by atoms with Crippen molar-refractivity contribution in [1.82, 2.24) is 4.57 Å². The number of esters is 1. The fourth-order valence-corrected chi connectivity index (χ4v) is 3.02. The highest BCUT2D eigenvalue weighted by molar-refractivity contribution is 6.32. The zero-order valence-electron chi connectivity index (χ0n) is 15.2. The Morgan fingerprint density at radius 3 is 2.39 bits per heavy atom. The average Bonchev–Trinajstić information content (AvgIpc) is 3.04. The molecule has 140 valence electrons. The van der Waals surface area contributed by atoms with Crippen LogP contribution in [-0.2, 0) is 4.74 Å². The number of rotatable bonds is 4. The van der Waals surface area contributed by atoms with Crippen molar-refractivity contribution in [3.05, 3.63) is 81.6 Å². The van der Waals surface area contributed by atoms with Crippen LogP contribution < -0.4 is 5.73 Å². The van der Waals surface area contributed by atoms with E-state index in [0.717, 1.165) is 5.56 Å². The molecular formula is C21H16ClN3O3. The molecule has 1 aromatic heterocycles. The van der Waals surface area contributed by atoms with E-state index < -0.39 is 5.97 Å². The van der Waals surface area contributed by atoms with Crippen LogP contribution in [0.1, 0.15) is 37.5 Å². The minimum absolute atomic E-state index is 0.0133. The Balaban J connectivity index is 2.15. The minimum Gasteiger partial charge on any atom is -0.464 e. The third-order valence-corrected chi connectivity index (χ3v) is 4.64. The van der Waals surface area contributed by atoms with E-state index in [9.17, 15) is 14.9 Å². The number of nitrogens with zero attached hydrogens (tertiary/aromatic N) is 2. The smallest absolute Gasteiger partial charge is 0.357 e. The van der Waals surface area contributed by atoms with Crippen molar-refractivity contribution in [2.45, 2.75) is 6.92 Å². The molecule has 0 aliphatic heterocycles. The Hall–Kier alpha value is -3.56. The zero-order valence-corrected chi connectivity index (χ0v) is 15.9. The molecule has 7 heteroatoms.